The van der Waals surface area contributed by atoms with Crippen LogP contribution < -0.4 is 5.32 Å². The summed E-state index contributed by atoms with van der Waals surface area (Å²) >= 11 is 5.41. The van der Waals surface area contributed by atoms with E-state index < -0.39 is 0 Å². The van der Waals surface area contributed by atoms with Gasteiger partial charge in [0.05, 0.1) is 0 Å². The van der Waals surface area contributed by atoms with Crippen LogP contribution in [0.15, 0.2) is 24.3 Å². The predicted octanol–water partition coefficient (Wildman–Crippen LogP) is 3.02. The summed E-state index contributed by atoms with van der Waals surface area (Å²) in [4.78, 5) is 14.6. The van der Waals surface area contributed by atoms with E-state index >= 15 is 0 Å². The molecule has 4 nitrogen and oxygen atoms in total. The van der Waals surface area contributed by atoms with Crippen LogP contribution in [-0.4, -0.2) is 48.6 Å². The maximum absolute atomic E-state index is 13.0. The average Bonchev–Trinajstić information content (AvgIpc) is 2.61. The van der Waals surface area contributed by atoms with E-state index in [0.717, 1.165) is 57.2 Å². The van der Waals surface area contributed by atoms with E-state index in [1.54, 1.807) is 12.1 Å². The van der Waals surface area contributed by atoms with E-state index in [1.165, 1.54) is 12.1 Å². The molecule has 1 N–H and O–H groups in total. The van der Waals surface area contributed by atoms with E-state index in [2.05, 4.69) is 10.2 Å². The number of nitrogens with one attached hydrogen (secondary N) is 1. The molecular formula is C18H25FN2O2S. The summed E-state index contributed by atoms with van der Waals surface area (Å²) in [6.07, 6.45) is 2.47. The normalized spacial score (nSPS) is 15.3. The molecule has 0 radical (unpaired) electrons. The van der Waals surface area contributed by atoms with E-state index in [1.807, 2.05) is 6.92 Å². The molecule has 1 aromatic rings. The number of halogens is 1. The summed E-state index contributed by atoms with van der Waals surface area (Å²) in [6.45, 7) is 5.80. The molecule has 0 aliphatic carbocycles. The zero-order valence-corrected chi connectivity index (χ0v) is 14.9. The number of carbonyl (C=O) groups excluding carboxylic acids is 1. The molecule has 0 saturated carbocycles. The Morgan fingerprint density at radius 3 is 2.62 bits per heavy atom. The van der Waals surface area contributed by atoms with Gasteiger partial charge < -0.3 is 15.0 Å². The third-order valence-electron chi connectivity index (χ3n) is 4.23. The number of thiocarbonyl (C=S) groups is 1. The predicted molar refractivity (Wildman–Crippen MR) is 96.7 cm³/mol. The van der Waals surface area contributed by atoms with Crippen molar-refractivity contribution in [1.82, 2.24) is 10.2 Å². The van der Waals surface area contributed by atoms with Crippen LogP contribution in [-0.2, 0) is 4.74 Å². The molecule has 132 valence electrons. The lowest BCUT2D eigenvalue weighted by molar-refractivity contribution is 0.0871. The van der Waals surface area contributed by atoms with Gasteiger partial charge in [0.15, 0.2) is 10.9 Å². The number of hydrogen-bond donors (Lipinski definition) is 1. The second-order valence-electron chi connectivity index (χ2n) is 5.91. The number of carbonyl (C=O) groups is 1. The third kappa shape index (κ3) is 5.53. The molecule has 0 atom stereocenters. The number of benzene rings is 1. The van der Waals surface area contributed by atoms with E-state index in [0.29, 0.717) is 5.56 Å². The first kappa shape index (κ1) is 18.8. The maximum atomic E-state index is 13.0. The Morgan fingerprint density at radius 2 is 2.00 bits per heavy atom. The SMILES string of the molecule is CCOCCCNC(=S)N1CCC(C(=O)c2ccc(F)cc2)CC1. The minimum atomic E-state index is -0.317. The summed E-state index contributed by atoms with van der Waals surface area (Å²) in [7, 11) is 0. The molecule has 1 fully saturated rings. The zero-order chi connectivity index (χ0) is 17.4. The van der Waals surface area contributed by atoms with Crippen LogP contribution in [0.25, 0.3) is 0 Å². The van der Waals surface area contributed by atoms with E-state index in [-0.39, 0.29) is 17.5 Å². The standard InChI is InChI=1S/C18H25FN2O2S/c1-2-23-13-3-10-20-18(24)21-11-8-15(9-12-21)17(22)14-4-6-16(19)7-5-14/h4-7,15H,2-3,8-13H2,1H3,(H,20,24). The Balaban J connectivity index is 1.73. The van der Waals surface area contributed by atoms with Gasteiger partial charge in [0, 0.05) is 44.3 Å². The lowest BCUT2D eigenvalue weighted by Crippen LogP contribution is -2.45. The molecule has 2 rings (SSSR count). The second kappa shape index (κ2) is 9.69. The molecular weight excluding hydrogens is 327 g/mol. The molecule has 24 heavy (non-hydrogen) atoms. The van der Waals surface area contributed by atoms with Crippen LogP contribution in [0.5, 0.6) is 0 Å². The van der Waals surface area contributed by atoms with Crippen molar-refractivity contribution in [2.45, 2.75) is 26.2 Å². The van der Waals surface area contributed by atoms with Gasteiger partial charge in [-0.3, -0.25) is 4.79 Å². The Labute approximate surface area is 148 Å². The summed E-state index contributed by atoms with van der Waals surface area (Å²) in [5.74, 6) is -0.222. The number of Topliss-reactive ketones (excluding diaryl/α,β-unsaturated/α-hetero) is 1. The number of nitrogens with zero attached hydrogens (tertiary/aromatic N) is 1. The Bertz CT molecular complexity index is 542. The monoisotopic (exact) mass is 352 g/mol. The first-order valence-electron chi connectivity index (χ1n) is 8.52. The van der Waals surface area contributed by atoms with Gasteiger partial charge in [-0.05, 0) is 62.7 Å². The second-order valence-corrected chi connectivity index (χ2v) is 6.30. The van der Waals surface area contributed by atoms with Gasteiger partial charge in [-0.15, -0.1) is 0 Å². The Hall–Kier alpha value is -1.53. The lowest BCUT2D eigenvalue weighted by Gasteiger charge is -2.33. The fraction of sp³-hybridized carbons (Fsp3) is 0.556. The summed E-state index contributed by atoms with van der Waals surface area (Å²) in [6, 6.07) is 5.80. The summed E-state index contributed by atoms with van der Waals surface area (Å²) in [5, 5.41) is 3.99. The topological polar surface area (TPSA) is 41.6 Å². The van der Waals surface area contributed by atoms with Crippen LogP contribution in [0, 0.1) is 11.7 Å². The maximum Gasteiger partial charge on any atom is 0.168 e. The van der Waals surface area contributed by atoms with E-state index in [9.17, 15) is 9.18 Å². The number of ether oxygens (including phenoxy) is 1. The highest BCUT2D eigenvalue weighted by Gasteiger charge is 2.26. The van der Waals surface area contributed by atoms with Crippen LogP contribution in [0.1, 0.15) is 36.5 Å². The first-order valence-corrected chi connectivity index (χ1v) is 8.93. The quantitative estimate of drug-likeness (QED) is 0.464. The summed E-state index contributed by atoms with van der Waals surface area (Å²) < 4.78 is 18.2. The van der Waals surface area contributed by atoms with Crippen LogP contribution in [0.4, 0.5) is 4.39 Å². The van der Waals surface area contributed by atoms with Gasteiger partial charge in [0.1, 0.15) is 5.82 Å². The molecule has 0 spiro atoms. The zero-order valence-electron chi connectivity index (χ0n) is 14.1. The average molecular weight is 352 g/mol. The van der Waals surface area contributed by atoms with Crippen molar-refractivity contribution in [1.29, 1.82) is 0 Å². The van der Waals surface area contributed by atoms with E-state index in [4.69, 9.17) is 17.0 Å². The molecule has 0 aromatic heterocycles. The van der Waals surface area contributed by atoms with Crippen molar-refractivity contribution in [2.24, 2.45) is 5.92 Å². The van der Waals surface area contributed by atoms with Crippen molar-refractivity contribution in [3.8, 4) is 0 Å². The van der Waals surface area contributed by atoms with Crippen molar-refractivity contribution >= 4 is 23.1 Å². The molecule has 1 saturated heterocycles. The highest BCUT2D eigenvalue weighted by molar-refractivity contribution is 7.80. The molecule has 6 heteroatoms. The van der Waals surface area contributed by atoms with Crippen LogP contribution >= 0.6 is 12.2 Å². The number of rotatable bonds is 7. The van der Waals surface area contributed by atoms with Gasteiger partial charge in [0.2, 0.25) is 0 Å². The van der Waals surface area contributed by atoms with Crippen molar-refractivity contribution in [3.05, 3.63) is 35.6 Å². The molecule has 1 heterocycles. The molecule has 1 aliphatic heterocycles. The van der Waals surface area contributed by atoms with Crippen molar-refractivity contribution in [2.75, 3.05) is 32.8 Å². The van der Waals surface area contributed by atoms with Gasteiger partial charge in [-0.2, -0.15) is 0 Å². The molecule has 0 unspecified atom stereocenters. The van der Waals surface area contributed by atoms with Gasteiger partial charge >= 0.3 is 0 Å². The number of likely N-dealkylation sites (tertiary alicyclic amines) is 1. The number of hydrogen-bond acceptors (Lipinski definition) is 3. The molecule has 1 aromatic carbocycles. The Kier molecular flexibility index (Phi) is 7.59. The highest BCUT2D eigenvalue weighted by atomic mass is 32.1. The minimum absolute atomic E-state index is 0.00698. The largest absolute Gasteiger partial charge is 0.382 e. The first-order chi connectivity index (χ1) is 11.6. The smallest absolute Gasteiger partial charge is 0.168 e. The van der Waals surface area contributed by atoms with Crippen molar-refractivity contribution in [3.63, 3.8) is 0 Å². The lowest BCUT2D eigenvalue weighted by atomic mass is 9.89. The van der Waals surface area contributed by atoms with Crippen LogP contribution in [0.3, 0.4) is 0 Å². The molecule has 1 aliphatic rings. The minimum Gasteiger partial charge on any atom is -0.382 e. The highest BCUT2D eigenvalue weighted by Crippen LogP contribution is 2.22. The molecule has 0 amide bonds. The number of ketones is 1. The third-order valence-corrected chi connectivity index (χ3v) is 4.63. The van der Waals surface area contributed by atoms with Crippen molar-refractivity contribution < 1.29 is 13.9 Å². The fourth-order valence-electron chi connectivity index (χ4n) is 2.82. The van der Waals surface area contributed by atoms with Gasteiger partial charge in [-0.1, -0.05) is 0 Å². The van der Waals surface area contributed by atoms with Gasteiger partial charge in [0.25, 0.3) is 0 Å². The van der Waals surface area contributed by atoms with Gasteiger partial charge in [-0.25, -0.2) is 4.39 Å². The fourth-order valence-corrected chi connectivity index (χ4v) is 3.10. The summed E-state index contributed by atoms with van der Waals surface area (Å²) in [5.41, 5.74) is 0.589. The Morgan fingerprint density at radius 1 is 1.33 bits per heavy atom. The molecule has 0 bridgehead atoms. The number of piperidine rings is 1. The van der Waals surface area contributed by atoms with Crippen LogP contribution in [0.2, 0.25) is 0 Å².